The van der Waals surface area contributed by atoms with Crippen molar-refractivity contribution in [3.05, 3.63) is 35.9 Å². The Bertz CT molecular complexity index is 497. The Hall–Kier alpha value is -2.17. The van der Waals surface area contributed by atoms with Crippen LogP contribution in [0.1, 0.15) is 24.8 Å². The number of nitrogens with zero attached hydrogens (tertiary/aromatic N) is 1. The second-order valence-electron chi connectivity index (χ2n) is 5.14. The summed E-state index contributed by atoms with van der Waals surface area (Å²) in [5.41, 5.74) is 0.841. The molecular formula is C15H18N2O3. The van der Waals surface area contributed by atoms with Crippen LogP contribution in [0.25, 0.3) is 0 Å². The van der Waals surface area contributed by atoms with Gasteiger partial charge in [-0.15, -0.1) is 0 Å². The molecule has 0 bridgehead atoms. The fourth-order valence-corrected chi connectivity index (χ4v) is 2.25. The van der Waals surface area contributed by atoms with Crippen molar-refractivity contribution in [2.24, 2.45) is 5.92 Å². The molecule has 5 nitrogen and oxygen atoms in total. The van der Waals surface area contributed by atoms with E-state index in [0.717, 1.165) is 29.5 Å². The Morgan fingerprint density at radius 2 is 2.00 bits per heavy atom. The molecule has 2 rings (SSSR count). The van der Waals surface area contributed by atoms with Crippen LogP contribution in [0.4, 0.5) is 4.79 Å². The molecule has 1 aliphatic carbocycles. The van der Waals surface area contributed by atoms with E-state index in [4.69, 9.17) is 5.41 Å². The molecule has 0 saturated heterocycles. The predicted molar refractivity (Wildman–Crippen MR) is 74.9 cm³/mol. The normalized spacial score (nSPS) is 15.4. The molecule has 0 spiro atoms. The molecule has 1 atom stereocenters. The highest BCUT2D eigenvalue weighted by molar-refractivity contribution is 6.29. The first-order valence-electron chi connectivity index (χ1n) is 6.69. The van der Waals surface area contributed by atoms with Crippen molar-refractivity contribution >= 4 is 18.1 Å². The number of rotatable bonds is 7. The lowest BCUT2D eigenvalue weighted by atomic mass is 10.0. The maximum Gasteiger partial charge on any atom is 0.408 e. The lowest BCUT2D eigenvalue weighted by Crippen LogP contribution is -2.44. The third kappa shape index (κ3) is 3.66. The average Bonchev–Trinajstić information content (AvgIpc) is 3.26. The van der Waals surface area contributed by atoms with Gasteiger partial charge in [-0.25, -0.2) is 4.79 Å². The Morgan fingerprint density at radius 3 is 2.50 bits per heavy atom. The summed E-state index contributed by atoms with van der Waals surface area (Å²) < 4.78 is 0. The van der Waals surface area contributed by atoms with Gasteiger partial charge in [0.1, 0.15) is 0 Å². The molecular weight excluding hydrogens is 256 g/mol. The third-order valence-corrected chi connectivity index (χ3v) is 3.54. The molecule has 2 N–H and O–H groups in total. The van der Waals surface area contributed by atoms with Crippen molar-refractivity contribution in [3.63, 3.8) is 0 Å². The molecule has 0 unspecified atom stereocenters. The van der Waals surface area contributed by atoms with Crippen LogP contribution < -0.4 is 0 Å². The lowest BCUT2D eigenvalue weighted by molar-refractivity contribution is -0.117. The SMILES string of the molecule is N=CC(=O)[C@H](CC1CC1)N(Cc1ccccc1)C(=O)O. The maximum absolute atomic E-state index is 11.9. The van der Waals surface area contributed by atoms with Gasteiger partial charge in [0.15, 0.2) is 5.78 Å². The largest absolute Gasteiger partial charge is 0.465 e. The van der Waals surface area contributed by atoms with Crippen molar-refractivity contribution in [3.8, 4) is 0 Å². The van der Waals surface area contributed by atoms with E-state index in [1.807, 2.05) is 30.3 Å². The fraction of sp³-hybridized carbons (Fsp3) is 0.400. The van der Waals surface area contributed by atoms with Crippen LogP contribution in [0.15, 0.2) is 30.3 Å². The molecule has 106 valence electrons. The molecule has 0 radical (unpaired) electrons. The summed E-state index contributed by atoms with van der Waals surface area (Å²) in [6.07, 6.45) is 2.22. The van der Waals surface area contributed by atoms with E-state index in [-0.39, 0.29) is 6.54 Å². The monoisotopic (exact) mass is 274 g/mol. The zero-order chi connectivity index (χ0) is 14.5. The van der Waals surface area contributed by atoms with Gasteiger partial charge in [0.2, 0.25) is 0 Å². The van der Waals surface area contributed by atoms with Crippen molar-refractivity contribution in [1.82, 2.24) is 4.90 Å². The first-order valence-corrected chi connectivity index (χ1v) is 6.69. The van der Waals surface area contributed by atoms with E-state index in [0.29, 0.717) is 12.3 Å². The molecule has 1 fully saturated rings. The molecule has 20 heavy (non-hydrogen) atoms. The van der Waals surface area contributed by atoms with E-state index < -0.39 is 17.9 Å². The molecule has 5 heteroatoms. The number of carbonyl (C=O) groups is 2. The smallest absolute Gasteiger partial charge is 0.408 e. The number of carbonyl (C=O) groups excluding carboxylic acids is 1. The standard InChI is InChI=1S/C15H18N2O3/c16-9-14(18)13(8-11-6-7-11)17(15(19)20)10-12-4-2-1-3-5-12/h1-5,9,11,13,16H,6-8,10H2,(H,19,20)/t13-/m0/s1. The van der Waals surface area contributed by atoms with E-state index in [1.165, 1.54) is 0 Å². The Labute approximate surface area is 117 Å². The number of carboxylic acid groups (broad SMARTS) is 1. The minimum absolute atomic E-state index is 0.174. The van der Waals surface area contributed by atoms with Gasteiger partial charge in [0.05, 0.1) is 12.3 Å². The summed E-state index contributed by atoms with van der Waals surface area (Å²) in [4.78, 5) is 24.5. The fourth-order valence-electron chi connectivity index (χ4n) is 2.25. The van der Waals surface area contributed by atoms with Crippen molar-refractivity contribution in [2.45, 2.75) is 31.8 Å². The molecule has 1 amide bonds. The molecule has 1 saturated carbocycles. The molecule has 0 heterocycles. The topological polar surface area (TPSA) is 81.5 Å². The Balaban J connectivity index is 2.16. The minimum Gasteiger partial charge on any atom is -0.465 e. The van der Waals surface area contributed by atoms with Crippen LogP contribution in [0.3, 0.4) is 0 Å². The van der Waals surface area contributed by atoms with Crippen molar-refractivity contribution in [1.29, 1.82) is 5.41 Å². The van der Waals surface area contributed by atoms with Gasteiger partial charge in [-0.05, 0) is 17.9 Å². The maximum atomic E-state index is 11.9. The Kier molecular flexibility index (Phi) is 4.50. The van der Waals surface area contributed by atoms with Crippen LogP contribution in [0, 0.1) is 11.3 Å². The molecule has 0 aliphatic heterocycles. The van der Waals surface area contributed by atoms with Gasteiger partial charge < -0.3 is 10.5 Å². The van der Waals surface area contributed by atoms with E-state index in [2.05, 4.69) is 0 Å². The summed E-state index contributed by atoms with van der Waals surface area (Å²) in [5, 5.41) is 16.5. The number of hydrogen-bond donors (Lipinski definition) is 2. The number of hydrogen-bond acceptors (Lipinski definition) is 3. The molecule has 1 aromatic rings. The van der Waals surface area contributed by atoms with Crippen LogP contribution in [-0.4, -0.2) is 34.1 Å². The van der Waals surface area contributed by atoms with E-state index in [1.54, 1.807) is 0 Å². The number of nitrogens with one attached hydrogen (secondary N) is 1. The molecule has 1 aliphatic rings. The Morgan fingerprint density at radius 1 is 1.35 bits per heavy atom. The van der Waals surface area contributed by atoms with Gasteiger partial charge in [-0.3, -0.25) is 9.69 Å². The first-order chi connectivity index (χ1) is 9.61. The number of benzene rings is 1. The summed E-state index contributed by atoms with van der Waals surface area (Å²) in [6, 6.07) is 8.46. The third-order valence-electron chi connectivity index (χ3n) is 3.54. The van der Waals surface area contributed by atoms with Gasteiger partial charge >= 0.3 is 6.09 Å². The minimum atomic E-state index is -1.12. The lowest BCUT2D eigenvalue weighted by Gasteiger charge is -2.27. The average molecular weight is 274 g/mol. The number of Topliss-reactive ketones (excluding diaryl/α,β-unsaturated/α-hetero) is 1. The summed E-state index contributed by atoms with van der Waals surface area (Å²) in [5.74, 6) is -0.0169. The van der Waals surface area contributed by atoms with Crippen molar-refractivity contribution in [2.75, 3.05) is 0 Å². The summed E-state index contributed by atoms with van der Waals surface area (Å²) >= 11 is 0. The highest BCUT2D eigenvalue weighted by Crippen LogP contribution is 2.35. The van der Waals surface area contributed by atoms with Gasteiger partial charge in [-0.2, -0.15) is 0 Å². The number of ketones is 1. The highest BCUT2D eigenvalue weighted by Gasteiger charge is 2.34. The predicted octanol–water partition coefficient (Wildman–Crippen LogP) is 2.55. The highest BCUT2D eigenvalue weighted by atomic mass is 16.4. The van der Waals surface area contributed by atoms with E-state index >= 15 is 0 Å². The van der Waals surface area contributed by atoms with Crippen LogP contribution in [-0.2, 0) is 11.3 Å². The van der Waals surface area contributed by atoms with E-state index in [9.17, 15) is 14.7 Å². The van der Waals surface area contributed by atoms with Crippen molar-refractivity contribution < 1.29 is 14.7 Å². The molecule has 1 aromatic carbocycles. The molecule has 0 aromatic heterocycles. The van der Waals surface area contributed by atoms with Crippen LogP contribution >= 0.6 is 0 Å². The second-order valence-corrected chi connectivity index (χ2v) is 5.14. The van der Waals surface area contributed by atoms with Crippen LogP contribution in [0.2, 0.25) is 0 Å². The zero-order valence-corrected chi connectivity index (χ0v) is 11.2. The summed E-state index contributed by atoms with van der Waals surface area (Å²) in [7, 11) is 0. The quantitative estimate of drug-likeness (QED) is 0.750. The zero-order valence-electron chi connectivity index (χ0n) is 11.2. The van der Waals surface area contributed by atoms with Gasteiger partial charge in [0, 0.05) is 6.54 Å². The second kappa shape index (κ2) is 6.32. The van der Waals surface area contributed by atoms with Crippen LogP contribution in [0.5, 0.6) is 0 Å². The van der Waals surface area contributed by atoms with Gasteiger partial charge in [-0.1, -0.05) is 43.2 Å². The summed E-state index contributed by atoms with van der Waals surface area (Å²) in [6.45, 7) is 0.174. The van der Waals surface area contributed by atoms with Gasteiger partial charge in [0.25, 0.3) is 0 Å². The first kappa shape index (κ1) is 14.2. The number of amides is 1.